The van der Waals surface area contributed by atoms with Gasteiger partial charge in [-0.1, -0.05) is 37.1 Å². The Morgan fingerprint density at radius 1 is 1.25 bits per heavy atom. The molecule has 7 nitrogen and oxygen atoms in total. The van der Waals surface area contributed by atoms with Crippen LogP contribution >= 0.6 is 22.9 Å². The van der Waals surface area contributed by atoms with Gasteiger partial charge in [0.1, 0.15) is 4.21 Å². The number of rotatable bonds is 6. The highest BCUT2D eigenvalue weighted by atomic mass is 35.5. The van der Waals surface area contributed by atoms with Crippen LogP contribution < -0.4 is 4.72 Å². The zero-order chi connectivity index (χ0) is 23.1. The SMILES string of the molecule is CCNS(=O)(=O)c1sc2c(c1C(=O)OC)CCN(C(=O)C1(c3ccc(Cl)cc3)CCC1)C2. The van der Waals surface area contributed by atoms with E-state index in [1.165, 1.54) is 7.11 Å². The smallest absolute Gasteiger partial charge is 0.340 e. The number of halogens is 1. The van der Waals surface area contributed by atoms with Gasteiger partial charge in [-0.25, -0.2) is 17.9 Å². The molecule has 1 saturated carbocycles. The average molecular weight is 497 g/mol. The number of carbonyl (C=O) groups excluding carboxylic acids is 2. The minimum absolute atomic E-state index is 0.0402. The standard InChI is InChI=1S/C22H25ClN2O5S2/c1-3-24-32(28,29)20-18(19(26)30-2)16-9-12-25(13-17(16)31-20)21(27)22(10-4-11-22)14-5-7-15(23)8-6-14/h5-8,24H,3-4,9-13H2,1-2H3. The summed E-state index contributed by atoms with van der Waals surface area (Å²) in [6.07, 6.45) is 2.92. The fourth-order valence-corrected chi connectivity index (χ4v) is 7.64. The highest BCUT2D eigenvalue weighted by molar-refractivity contribution is 7.91. The molecule has 0 radical (unpaired) electrons. The first kappa shape index (κ1) is 23.2. The number of amides is 1. The lowest BCUT2D eigenvalue weighted by Gasteiger charge is -2.44. The molecule has 0 atom stereocenters. The second kappa shape index (κ2) is 8.78. The van der Waals surface area contributed by atoms with Gasteiger partial charge in [0.25, 0.3) is 10.0 Å². The van der Waals surface area contributed by atoms with Crippen molar-refractivity contribution in [3.8, 4) is 0 Å². The molecular weight excluding hydrogens is 472 g/mol. The Morgan fingerprint density at radius 2 is 1.94 bits per heavy atom. The van der Waals surface area contributed by atoms with Gasteiger partial charge in [-0.15, -0.1) is 11.3 Å². The van der Waals surface area contributed by atoms with Crippen molar-refractivity contribution in [3.63, 3.8) is 0 Å². The average Bonchev–Trinajstić information content (AvgIpc) is 3.13. The second-order valence-corrected chi connectivity index (χ2v) is 11.6. The van der Waals surface area contributed by atoms with E-state index in [9.17, 15) is 18.0 Å². The van der Waals surface area contributed by atoms with Crippen molar-refractivity contribution < 1.29 is 22.7 Å². The van der Waals surface area contributed by atoms with Crippen LogP contribution in [-0.4, -0.2) is 45.4 Å². The summed E-state index contributed by atoms with van der Waals surface area (Å²) in [5.74, 6) is -0.629. The third kappa shape index (κ3) is 3.85. The topological polar surface area (TPSA) is 92.8 Å². The summed E-state index contributed by atoms with van der Waals surface area (Å²) in [6, 6.07) is 7.43. The lowest BCUT2D eigenvalue weighted by atomic mass is 9.63. The van der Waals surface area contributed by atoms with E-state index < -0.39 is 21.4 Å². The van der Waals surface area contributed by atoms with Crippen LogP contribution in [0.3, 0.4) is 0 Å². The molecule has 2 aromatic rings. The zero-order valence-electron chi connectivity index (χ0n) is 17.9. The van der Waals surface area contributed by atoms with Crippen LogP contribution in [0.25, 0.3) is 0 Å². The van der Waals surface area contributed by atoms with Crippen LogP contribution in [-0.2, 0) is 37.9 Å². The van der Waals surface area contributed by atoms with E-state index in [2.05, 4.69) is 4.72 Å². The van der Waals surface area contributed by atoms with Gasteiger partial charge in [0.2, 0.25) is 5.91 Å². The molecule has 1 amide bonds. The van der Waals surface area contributed by atoms with E-state index in [-0.39, 0.29) is 28.8 Å². The minimum atomic E-state index is -3.85. The quantitative estimate of drug-likeness (QED) is 0.618. The number of hydrogen-bond donors (Lipinski definition) is 1. The Hall–Kier alpha value is -1.94. The molecular formula is C22H25ClN2O5S2. The number of fused-ring (bicyclic) bond motifs is 1. The fraction of sp³-hybridized carbons (Fsp3) is 0.455. The normalized spacial score (nSPS) is 17.4. The van der Waals surface area contributed by atoms with Crippen LogP contribution in [0.5, 0.6) is 0 Å². The molecule has 1 aromatic carbocycles. The van der Waals surface area contributed by atoms with Crippen molar-refractivity contribution in [2.24, 2.45) is 0 Å². The molecule has 10 heteroatoms. The van der Waals surface area contributed by atoms with Crippen molar-refractivity contribution in [2.45, 2.75) is 48.8 Å². The number of nitrogens with zero attached hydrogens (tertiary/aromatic N) is 1. The molecule has 0 saturated heterocycles. The second-order valence-electron chi connectivity index (χ2n) is 8.08. The maximum absolute atomic E-state index is 13.7. The summed E-state index contributed by atoms with van der Waals surface area (Å²) < 4.78 is 32.8. The van der Waals surface area contributed by atoms with Gasteiger partial charge < -0.3 is 9.64 Å². The van der Waals surface area contributed by atoms with Crippen LogP contribution in [0.4, 0.5) is 0 Å². The predicted molar refractivity (Wildman–Crippen MR) is 123 cm³/mol. The van der Waals surface area contributed by atoms with Gasteiger partial charge in [-0.2, -0.15) is 0 Å². The Morgan fingerprint density at radius 3 is 2.50 bits per heavy atom. The minimum Gasteiger partial charge on any atom is -0.465 e. The van der Waals surface area contributed by atoms with Crippen molar-refractivity contribution in [1.29, 1.82) is 0 Å². The highest BCUT2D eigenvalue weighted by Gasteiger charge is 2.48. The van der Waals surface area contributed by atoms with Gasteiger partial charge in [0.15, 0.2) is 0 Å². The van der Waals surface area contributed by atoms with Crippen LogP contribution in [0, 0.1) is 0 Å². The maximum atomic E-state index is 13.7. The third-order valence-corrected chi connectivity index (χ3v) is 9.83. The Kier molecular flexibility index (Phi) is 6.37. The van der Waals surface area contributed by atoms with Crippen molar-refractivity contribution >= 4 is 44.8 Å². The summed E-state index contributed by atoms with van der Waals surface area (Å²) >= 11 is 7.08. The molecule has 32 heavy (non-hydrogen) atoms. The molecule has 0 unspecified atom stereocenters. The Balaban J connectivity index is 1.68. The summed E-state index contributed by atoms with van der Waals surface area (Å²) in [6.45, 7) is 2.58. The number of esters is 1. The number of hydrogen-bond acceptors (Lipinski definition) is 6. The van der Waals surface area contributed by atoms with E-state index in [1.807, 2.05) is 12.1 Å². The van der Waals surface area contributed by atoms with E-state index >= 15 is 0 Å². The maximum Gasteiger partial charge on any atom is 0.340 e. The van der Waals surface area contributed by atoms with Gasteiger partial charge in [0, 0.05) is 23.0 Å². The number of thiophene rings is 1. The first-order chi connectivity index (χ1) is 15.2. The predicted octanol–water partition coefficient (Wildman–Crippen LogP) is 3.49. The first-order valence-electron chi connectivity index (χ1n) is 10.5. The number of ether oxygens (including phenoxy) is 1. The molecule has 1 aromatic heterocycles. The zero-order valence-corrected chi connectivity index (χ0v) is 20.3. The van der Waals surface area contributed by atoms with Crippen molar-refractivity contribution in [2.75, 3.05) is 20.2 Å². The van der Waals surface area contributed by atoms with Gasteiger partial charge in [0.05, 0.1) is 24.6 Å². The lowest BCUT2D eigenvalue weighted by Crippen LogP contribution is -2.52. The summed E-state index contributed by atoms with van der Waals surface area (Å²) in [4.78, 5) is 28.6. The molecule has 1 N–H and O–H groups in total. The Bertz CT molecular complexity index is 1150. The van der Waals surface area contributed by atoms with E-state index in [4.69, 9.17) is 16.3 Å². The van der Waals surface area contributed by atoms with Gasteiger partial charge in [-0.05, 0) is 42.5 Å². The highest BCUT2D eigenvalue weighted by Crippen LogP contribution is 2.46. The van der Waals surface area contributed by atoms with Crippen molar-refractivity contribution in [3.05, 3.63) is 50.9 Å². The molecule has 172 valence electrons. The van der Waals surface area contributed by atoms with E-state index in [0.29, 0.717) is 28.4 Å². The molecule has 1 aliphatic carbocycles. The number of sulfonamides is 1. The molecule has 0 bridgehead atoms. The molecule has 1 aliphatic heterocycles. The Labute approximate surface area is 196 Å². The lowest BCUT2D eigenvalue weighted by molar-refractivity contribution is -0.141. The van der Waals surface area contributed by atoms with E-state index in [0.717, 1.165) is 36.2 Å². The number of benzene rings is 1. The van der Waals surface area contributed by atoms with Crippen LogP contribution in [0.2, 0.25) is 5.02 Å². The number of carbonyl (C=O) groups is 2. The monoisotopic (exact) mass is 496 g/mol. The molecule has 2 heterocycles. The van der Waals surface area contributed by atoms with Gasteiger partial charge >= 0.3 is 5.97 Å². The largest absolute Gasteiger partial charge is 0.465 e. The molecule has 0 spiro atoms. The first-order valence-corrected chi connectivity index (χ1v) is 13.2. The number of nitrogens with one attached hydrogen (secondary N) is 1. The summed E-state index contributed by atoms with van der Waals surface area (Å²) in [5.41, 5.74) is 1.15. The fourth-order valence-electron chi connectivity index (χ4n) is 4.53. The van der Waals surface area contributed by atoms with Crippen molar-refractivity contribution in [1.82, 2.24) is 9.62 Å². The molecule has 4 rings (SSSR count). The third-order valence-electron chi connectivity index (χ3n) is 6.29. The summed E-state index contributed by atoms with van der Waals surface area (Å²) in [5, 5.41) is 0.627. The van der Waals surface area contributed by atoms with Crippen LogP contribution in [0.1, 0.15) is 52.5 Å². The summed E-state index contributed by atoms with van der Waals surface area (Å²) in [7, 11) is -2.61. The molecule has 2 aliphatic rings. The van der Waals surface area contributed by atoms with Gasteiger partial charge in [-0.3, -0.25) is 4.79 Å². The van der Waals surface area contributed by atoms with Crippen LogP contribution in [0.15, 0.2) is 28.5 Å². The molecule has 1 fully saturated rings. The number of methoxy groups -OCH3 is 1. The van der Waals surface area contributed by atoms with E-state index in [1.54, 1.807) is 24.0 Å².